The molecule has 14 heavy (non-hydrogen) atoms. The molecule has 1 aliphatic heterocycles. The van der Waals surface area contributed by atoms with Gasteiger partial charge in [0.05, 0.1) is 0 Å². The average Bonchev–Trinajstić information content (AvgIpc) is 2.48. The summed E-state index contributed by atoms with van der Waals surface area (Å²) in [6.07, 6.45) is 1.13. The van der Waals surface area contributed by atoms with Gasteiger partial charge in [-0.3, -0.25) is 4.90 Å². The van der Waals surface area contributed by atoms with E-state index < -0.39 is 0 Å². The fraction of sp³-hybridized carbons (Fsp3) is 0.455. The number of phenolic OH excluding ortho intramolecular Hbond substituents is 2. The molecule has 0 aromatic heterocycles. The maximum Gasteiger partial charge on any atom is 0.157 e. The van der Waals surface area contributed by atoms with Crippen molar-refractivity contribution in [3.05, 3.63) is 23.3 Å². The Balaban J connectivity index is 2.23. The molecule has 1 heterocycles. The number of benzene rings is 1. The van der Waals surface area contributed by atoms with Crippen molar-refractivity contribution < 1.29 is 10.2 Å². The lowest BCUT2D eigenvalue weighted by Gasteiger charge is -2.11. The molecule has 0 spiro atoms. The van der Waals surface area contributed by atoms with Gasteiger partial charge < -0.3 is 10.2 Å². The second kappa shape index (κ2) is 3.50. The Kier molecular flexibility index (Phi) is 2.33. The van der Waals surface area contributed by atoms with Crippen LogP contribution in [0.5, 0.6) is 11.5 Å². The summed E-state index contributed by atoms with van der Waals surface area (Å²) in [5, 5.41) is 18.7. The van der Waals surface area contributed by atoms with Crippen LogP contribution in [0.1, 0.15) is 24.5 Å². The Morgan fingerprint density at radius 3 is 2.07 bits per heavy atom. The monoisotopic (exact) mass is 193 g/mol. The number of aromatic hydroxyl groups is 2. The number of phenols is 2. The van der Waals surface area contributed by atoms with Crippen LogP contribution in [0.25, 0.3) is 0 Å². The van der Waals surface area contributed by atoms with Gasteiger partial charge in [-0.2, -0.15) is 0 Å². The molecular formula is C11H15NO2. The van der Waals surface area contributed by atoms with Crippen molar-refractivity contribution >= 4 is 0 Å². The first-order valence-corrected chi connectivity index (χ1v) is 4.96. The quantitative estimate of drug-likeness (QED) is 0.704. The van der Waals surface area contributed by atoms with Crippen LogP contribution in [0.15, 0.2) is 12.1 Å². The lowest BCUT2D eigenvalue weighted by molar-refractivity contribution is 0.285. The molecule has 0 saturated carbocycles. The third-order valence-corrected chi connectivity index (χ3v) is 2.62. The van der Waals surface area contributed by atoms with Gasteiger partial charge in [-0.1, -0.05) is 6.92 Å². The van der Waals surface area contributed by atoms with Gasteiger partial charge in [0, 0.05) is 13.1 Å². The van der Waals surface area contributed by atoms with E-state index in [1.807, 2.05) is 0 Å². The molecule has 0 bridgehead atoms. The van der Waals surface area contributed by atoms with Crippen molar-refractivity contribution in [3.63, 3.8) is 0 Å². The normalized spacial score (nSPS) is 15.8. The number of hydrogen-bond acceptors (Lipinski definition) is 3. The van der Waals surface area contributed by atoms with E-state index in [0.717, 1.165) is 37.2 Å². The van der Waals surface area contributed by atoms with Crippen LogP contribution < -0.4 is 0 Å². The van der Waals surface area contributed by atoms with Gasteiger partial charge in [-0.25, -0.2) is 0 Å². The molecule has 2 N–H and O–H groups in total. The number of nitrogens with zero attached hydrogens (tertiary/aromatic N) is 1. The van der Waals surface area contributed by atoms with Gasteiger partial charge >= 0.3 is 0 Å². The summed E-state index contributed by atoms with van der Waals surface area (Å²) >= 11 is 0. The van der Waals surface area contributed by atoms with E-state index in [1.54, 1.807) is 12.1 Å². The van der Waals surface area contributed by atoms with E-state index in [1.165, 1.54) is 0 Å². The van der Waals surface area contributed by atoms with E-state index in [-0.39, 0.29) is 11.5 Å². The van der Waals surface area contributed by atoms with Gasteiger partial charge in [0.15, 0.2) is 11.5 Å². The Morgan fingerprint density at radius 2 is 1.64 bits per heavy atom. The highest BCUT2D eigenvalue weighted by atomic mass is 16.3. The number of rotatable bonds is 2. The van der Waals surface area contributed by atoms with E-state index in [2.05, 4.69) is 11.8 Å². The maximum absolute atomic E-state index is 9.33. The fourth-order valence-electron chi connectivity index (χ4n) is 1.97. The maximum atomic E-state index is 9.33. The molecule has 0 aliphatic carbocycles. The first kappa shape index (κ1) is 9.34. The predicted octanol–water partition coefficient (Wildman–Crippen LogP) is 1.82. The van der Waals surface area contributed by atoms with E-state index >= 15 is 0 Å². The lowest BCUT2D eigenvalue weighted by atomic mass is 10.1. The predicted molar refractivity (Wildman–Crippen MR) is 54.2 cm³/mol. The molecule has 0 radical (unpaired) electrons. The van der Waals surface area contributed by atoms with Gasteiger partial charge in [0.25, 0.3) is 0 Å². The molecule has 1 aromatic rings. The molecule has 3 nitrogen and oxygen atoms in total. The highest BCUT2D eigenvalue weighted by Crippen LogP contribution is 2.33. The smallest absolute Gasteiger partial charge is 0.157 e. The van der Waals surface area contributed by atoms with Crippen LogP contribution in [-0.2, 0) is 13.1 Å². The first-order valence-electron chi connectivity index (χ1n) is 4.96. The zero-order valence-corrected chi connectivity index (χ0v) is 8.32. The van der Waals surface area contributed by atoms with Crippen molar-refractivity contribution in [2.75, 3.05) is 6.54 Å². The number of fused-ring (bicyclic) bond motifs is 1. The molecule has 0 saturated heterocycles. The second-order valence-electron chi connectivity index (χ2n) is 3.82. The van der Waals surface area contributed by atoms with Crippen LogP contribution in [0.3, 0.4) is 0 Å². The second-order valence-corrected chi connectivity index (χ2v) is 3.82. The minimum absolute atomic E-state index is 0.0119. The lowest BCUT2D eigenvalue weighted by Crippen LogP contribution is -2.16. The van der Waals surface area contributed by atoms with Crippen molar-refractivity contribution in [2.24, 2.45) is 0 Å². The summed E-state index contributed by atoms with van der Waals surface area (Å²) in [6.45, 7) is 4.99. The van der Waals surface area contributed by atoms with Crippen molar-refractivity contribution in [3.8, 4) is 11.5 Å². The third-order valence-electron chi connectivity index (χ3n) is 2.62. The molecule has 0 amide bonds. The highest BCUT2D eigenvalue weighted by Gasteiger charge is 2.19. The number of hydrogen-bond donors (Lipinski definition) is 2. The summed E-state index contributed by atoms with van der Waals surface area (Å²) < 4.78 is 0. The fourth-order valence-corrected chi connectivity index (χ4v) is 1.97. The highest BCUT2D eigenvalue weighted by molar-refractivity contribution is 5.46. The minimum atomic E-state index is -0.0119. The van der Waals surface area contributed by atoms with E-state index in [9.17, 15) is 10.2 Å². The van der Waals surface area contributed by atoms with Crippen LogP contribution in [0.2, 0.25) is 0 Å². The van der Waals surface area contributed by atoms with Gasteiger partial charge in [-0.05, 0) is 36.2 Å². The van der Waals surface area contributed by atoms with Crippen LogP contribution >= 0.6 is 0 Å². The minimum Gasteiger partial charge on any atom is -0.504 e. The van der Waals surface area contributed by atoms with Crippen LogP contribution in [-0.4, -0.2) is 21.7 Å². The van der Waals surface area contributed by atoms with Crippen molar-refractivity contribution in [1.29, 1.82) is 0 Å². The van der Waals surface area contributed by atoms with E-state index in [4.69, 9.17) is 0 Å². The average molecular weight is 193 g/mol. The van der Waals surface area contributed by atoms with E-state index in [0.29, 0.717) is 0 Å². The molecule has 3 heteroatoms. The molecule has 0 fully saturated rings. The molecule has 1 aromatic carbocycles. The van der Waals surface area contributed by atoms with Crippen molar-refractivity contribution in [1.82, 2.24) is 4.90 Å². The van der Waals surface area contributed by atoms with Gasteiger partial charge in [0.1, 0.15) is 0 Å². The molecule has 0 atom stereocenters. The zero-order chi connectivity index (χ0) is 10.1. The summed E-state index contributed by atoms with van der Waals surface area (Å²) in [6, 6.07) is 3.33. The Morgan fingerprint density at radius 1 is 1.14 bits per heavy atom. The molecule has 0 unspecified atom stereocenters. The molecule has 2 rings (SSSR count). The SMILES string of the molecule is CCCN1Cc2cc(O)c(O)cc2C1. The van der Waals surface area contributed by atoms with Gasteiger partial charge in [-0.15, -0.1) is 0 Å². The van der Waals surface area contributed by atoms with Crippen LogP contribution in [0, 0.1) is 0 Å². The van der Waals surface area contributed by atoms with Gasteiger partial charge in [0.2, 0.25) is 0 Å². The first-order chi connectivity index (χ1) is 6.70. The molecular weight excluding hydrogens is 178 g/mol. The summed E-state index contributed by atoms with van der Waals surface area (Å²) in [5.41, 5.74) is 2.27. The molecule has 1 aliphatic rings. The van der Waals surface area contributed by atoms with Crippen LogP contribution in [0.4, 0.5) is 0 Å². The Hall–Kier alpha value is -1.22. The standard InChI is InChI=1S/C11H15NO2/c1-2-3-12-6-8-4-10(13)11(14)5-9(8)7-12/h4-5,13-14H,2-3,6-7H2,1H3. The summed E-state index contributed by atoms with van der Waals surface area (Å²) in [4.78, 5) is 2.31. The Bertz CT molecular complexity index is 318. The largest absolute Gasteiger partial charge is 0.504 e. The zero-order valence-electron chi connectivity index (χ0n) is 8.32. The van der Waals surface area contributed by atoms with Crippen molar-refractivity contribution in [2.45, 2.75) is 26.4 Å². The summed E-state index contributed by atoms with van der Waals surface area (Å²) in [5.74, 6) is -0.0239. The summed E-state index contributed by atoms with van der Waals surface area (Å²) in [7, 11) is 0. The Labute approximate surface area is 83.6 Å². The molecule has 76 valence electrons. The third kappa shape index (κ3) is 1.55. The topological polar surface area (TPSA) is 43.7 Å².